The molecule has 0 amide bonds. The first-order valence-corrected chi connectivity index (χ1v) is 4.78. The van der Waals surface area contributed by atoms with Gasteiger partial charge in [0.2, 0.25) is 5.36 Å². The van der Waals surface area contributed by atoms with Crippen LogP contribution in [0.3, 0.4) is 0 Å². The predicted octanol–water partition coefficient (Wildman–Crippen LogP) is 0.689. The van der Waals surface area contributed by atoms with Crippen molar-refractivity contribution in [3.05, 3.63) is 34.3 Å². The minimum atomic E-state index is 0.553. The fourth-order valence-corrected chi connectivity index (χ4v) is 2.00. The first-order valence-electron chi connectivity index (χ1n) is 4.78. The third kappa shape index (κ3) is 1.11. The van der Waals surface area contributed by atoms with E-state index in [9.17, 15) is 0 Å². The van der Waals surface area contributed by atoms with E-state index in [1.165, 1.54) is 21.7 Å². The van der Waals surface area contributed by atoms with Crippen LogP contribution in [0.15, 0.2) is 18.2 Å². The molecule has 0 saturated heterocycles. The molecule has 0 aromatic heterocycles. The van der Waals surface area contributed by atoms with Crippen molar-refractivity contribution in [1.82, 2.24) is 4.58 Å². The molecule has 0 fully saturated rings. The SMILES string of the molecule is CC1=c2cc(C)ccc2=[N+](C)C1C. The van der Waals surface area contributed by atoms with E-state index < -0.39 is 0 Å². The fraction of sp³-hybridized carbons (Fsp3) is 0.417. The van der Waals surface area contributed by atoms with Crippen LogP contribution in [0.25, 0.3) is 5.57 Å². The van der Waals surface area contributed by atoms with Crippen molar-refractivity contribution in [2.75, 3.05) is 7.05 Å². The molecule has 0 spiro atoms. The van der Waals surface area contributed by atoms with Gasteiger partial charge < -0.3 is 0 Å². The van der Waals surface area contributed by atoms with Gasteiger partial charge in [-0.3, -0.25) is 0 Å². The number of fused-ring (bicyclic) bond motifs is 1. The van der Waals surface area contributed by atoms with Gasteiger partial charge in [-0.1, -0.05) is 11.6 Å². The zero-order chi connectivity index (χ0) is 9.59. The van der Waals surface area contributed by atoms with Crippen molar-refractivity contribution >= 4 is 5.57 Å². The molecule has 1 heterocycles. The lowest BCUT2D eigenvalue weighted by Gasteiger charge is -2.00. The van der Waals surface area contributed by atoms with Gasteiger partial charge in [-0.15, -0.1) is 0 Å². The van der Waals surface area contributed by atoms with Gasteiger partial charge in [-0.2, -0.15) is 0 Å². The quantitative estimate of drug-likeness (QED) is 0.509. The van der Waals surface area contributed by atoms with Crippen LogP contribution in [0.5, 0.6) is 0 Å². The molecule has 1 aliphatic rings. The maximum absolute atomic E-state index is 2.34. The van der Waals surface area contributed by atoms with Gasteiger partial charge >= 0.3 is 0 Å². The molecule has 1 nitrogen and oxygen atoms in total. The average molecular weight is 174 g/mol. The first-order chi connectivity index (χ1) is 6.11. The lowest BCUT2D eigenvalue weighted by atomic mass is 10.1. The molecule has 0 saturated carbocycles. The van der Waals surface area contributed by atoms with Crippen LogP contribution >= 0.6 is 0 Å². The Labute approximate surface area is 79.0 Å². The normalized spacial score (nSPS) is 20.8. The third-order valence-electron chi connectivity index (χ3n) is 3.16. The van der Waals surface area contributed by atoms with Crippen molar-refractivity contribution < 1.29 is 0 Å². The van der Waals surface area contributed by atoms with Gasteiger partial charge in [0.05, 0.1) is 5.22 Å². The largest absolute Gasteiger partial charge is 0.226 e. The highest BCUT2D eigenvalue weighted by Crippen LogP contribution is 2.04. The minimum Gasteiger partial charge on any atom is -0.226 e. The van der Waals surface area contributed by atoms with E-state index in [-0.39, 0.29) is 0 Å². The Balaban J connectivity index is 2.93. The summed E-state index contributed by atoms with van der Waals surface area (Å²) in [5, 5.41) is 2.80. The van der Waals surface area contributed by atoms with Gasteiger partial charge in [-0.05, 0) is 19.9 Å². The van der Waals surface area contributed by atoms with Crippen LogP contribution < -0.4 is 15.2 Å². The Morgan fingerprint density at radius 1 is 1.23 bits per heavy atom. The van der Waals surface area contributed by atoms with Crippen LogP contribution in [-0.4, -0.2) is 13.1 Å². The Hall–Kier alpha value is -1.11. The lowest BCUT2D eigenvalue weighted by Crippen LogP contribution is -2.33. The maximum atomic E-state index is 2.34. The average Bonchev–Trinajstić information content (AvgIpc) is 2.32. The van der Waals surface area contributed by atoms with Crippen LogP contribution in [0.1, 0.15) is 19.4 Å². The first kappa shape index (κ1) is 8.49. The molecule has 1 aromatic rings. The van der Waals surface area contributed by atoms with E-state index in [4.69, 9.17) is 0 Å². The molecule has 2 rings (SSSR count). The number of nitrogens with zero attached hydrogens (tertiary/aromatic N) is 1. The van der Waals surface area contributed by atoms with E-state index in [0.717, 1.165) is 0 Å². The van der Waals surface area contributed by atoms with Crippen LogP contribution in [-0.2, 0) is 0 Å². The van der Waals surface area contributed by atoms with Crippen LogP contribution in [0.2, 0.25) is 0 Å². The molecule has 1 aromatic carbocycles. The summed E-state index contributed by atoms with van der Waals surface area (Å²) >= 11 is 0. The zero-order valence-electron chi connectivity index (χ0n) is 8.76. The fourth-order valence-electron chi connectivity index (χ4n) is 2.00. The summed E-state index contributed by atoms with van der Waals surface area (Å²) in [4.78, 5) is 0. The summed E-state index contributed by atoms with van der Waals surface area (Å²) in [6.07, 6.45) is 0. The molecule has 1 atom stereocenters. The number of hydrogen-bond acceptors (Lipinski definition) is 0. The highest BCUT2D eigenvalue weighted by atomic mass is 15.0. The smallest absolute Gasteiger partial charge is 0.207 e. The molecule has 1 heteroatoms. The van der Waals surface area contributed by atoms with Crippen LogP contribution in [0, 0.1) is 6.92 Å². The van der Waals surface area contributed by atoms with E-state index in [1.54, 1.807) is 0 Å². The van der Waals surface area contributed by atoms with E-state index in [2.05, 4.69) is 50.6 Å². The molecule has 1 unspecified atom stereocenters. The summed E-state index contributed by atoms with van der Waals surface area (Å²) in [5.41, 5.74) is 2.84. The zero-order valence-corrected chi connectivity index (χ0v) is 8.76. The molecule has 0 bridgehead atoms. The number of benzene rings is 1. The Morgan fingerprint density at radius 2 is 1.92 bits per heavy atom. The Kier molecular flexibility index (Phi) is 1.76. The summed E-state index contributed by atoms with van der Waals surface area (Å²) in [6, 6.07) is 7.24. The Bertz CT molecular complexity index is 468. The molecule has 13 heavy (non-hydrogen) atoms. The van der Waals surface area contributed by atoms with Crippen molar-refractivity contribution in [3.63, 3.8) is 0 Å². The standard InChI is InChI=1S/C12H16N/c1-8-5-6-12-11(7-8)9(2)10(3)13(12)4/h5-7,10H,1-4H3/q+1. The molecule has 0 N–H and O–H groups in total. The molecular weight excluding hydrogens is 158 g/mol. The van der Waals surface area contributed by atoms with Gasteiger partial charge in [-0.25, -0.2) is 4.58 Å². The summed E-state index contributed by atoms with van der Waals surface area (Å²) in [5.74, 6) is 0. The van der Waals surface area contributed by atoms with E-state index >= 15 is 0 Å². The summed E-state index contributed by atoms with van der Waals surface area (Å²) in [7, 11) is 2.16. The van der Waals surface area contributed by atoms with Crippen molar-refractivity contribution in [2.24, 2.45) is 0 Å². The highest BCUT2D eigenvalue weighted by Gasteiger charge is 2.21. The van der Waals surface area contributed by atoms with Crippen molar-refractivity contribution in [1.29, 1.82) is 0 Å². The second-order valence-electron chi connectivity index (χ2n) is 3.99. The molecule has 68 valence electrons. The second-order valence-corrected chi connectivity index (χ2v) is 3.99. The maximum Gasteiger partial charge on any atom is 0.207 e. The third-order valence-corrected chi connectivity index (χ3v) is 3.16. The molecule has 0 aliphatic carbocycles. The Morgan fingerprint density at radius 3 is 2.62 bits per heavy atom. The van der Waals surface area contributed by atoms with Gasteiger partial charge in [0.15, 0.2) is 6.04 Å². The van der Waals surface area contributed by atoms with Gasteiger partial charge in [0, 0.05) is 18.6 Å². The molecular formula is C12H16N+. The predicted molar refractivity (Wildman–Crippen MR) is 56.1 cm³/mol. The summed E-state index contributed by atoms with van der Waals surface area (Å²) in [6.45, 7) is 6.63. The highest BCUT2D eigenvalue weighted by molar-refractivity contribution is 5.50. The van der Waals surface area contributed by atoms with E-state index in [0.29, 0.717) is 6.04 Å². The van der Waals surface area contributed by atoms with E-state index in [1.807, 2.05) is 0 Å². The van der Waals surface area contributed by atoms with Crippen molar-refractivity contribution in [2.45, 2.75) is 26.8 Å². The second kappa shape index (κ2) is 2.69. The monoisotopic (exact) mass is 174 g/mol. The topological polar surface area (TPSA) is 3.01 Å². The number of rotatable bonds is 0. The van der Waals surface area contributed by atoms with Gasteiger partial charge in [0.1, 0.15) is 7.05 Å². The van der Waals surface area contributed by atoms with Gasteiger partial charge in [0.25, 0.3) is 0 Å². The number of aryl methyl sites for hydroxylation is 1. The van der Waals surface area contributed by atoms with Crippen LogP contribution in [0.4, 0.5) is 0 Å². The number of hydrogen-bond donors (Lipinski definition) is 0. The summed E-state index contributed by atoms with van der Waals surface area (Å²) < 4.78 is 2.34. The molecule has 1 aliphatic heterocycles. The van der Waals surface area contributed by atoms with Crippen molar-refractivity contribution in [3.8, 4) is 0 Å². The molecule has 0 radical (unpaired) electrons. The minimum absolute atomic E-state index is 0.553. The lowest BCUT2D eigenvalue weighted by molar-refractivity contribution is 0.633.